The maximum Gasteiger partial charge on any atom is 0.224 e. The first kappa shape index (κ1) is 15.5. The minimum absolute atomic E-state index is 0.123. The summed E-state index contributed by atoms with van der Waals surface area (Å²) >= 11 is 0. The third-order valence-corrected chi connectivity index (χ3v) is 4.76. The molecule has 3 rings (SSSR count). The van der Waals surface area contributed by atoms with Gasteiger partial charge in [0.25, 0.3) is 0 Å². The van der Waals surface area contributed by atoms with Crippen LogP contribution in [0.4, 0.5) is 0 Å². The monoisotopic (exact) mass is 302 g/mol. The first-order valence-electron chi connectivity index (χ1n) is 8.30. The fourth-order valence-electron chi connectivity index (χ4n) is 3.47. The molecule has 0 aromatic heterocycles. The molecule has 0 radical (unpaired) electrons. The number of benzene rings is 1. The number of hydrogen-bond acceptors (Lipinski definition) is 3. The first-order valence-corrected chi connectivity index (χ1v) is 8.30. The molecule has 0 bridgehead atoms. The molecule has 1 aromatic carbocycles. The van der Waals surface area contributed by atoms with E-state index in [1.54, 1.807) is 0 Å². The van der Waals surface area contributed by atoms with E-state index in [1.165, 1.54) is 0 Å². The van der Waals surface area contributed by atoms with Crippen molar-refractivity contribution in [2.24, 2.45) is 5.92 Å². The molecule has 0 saturated carbocycles. The second-order valence-corrected chi connectivity index (χ2v) is 6.89. The Morgan fingerprint density at radius 1 is 1.32 bits per heavy atom. The zero-order valence-corrected chi connectivity index (χ0v) is 13.5. The number of nitrogens with one attached hydrogen (secondary N) is 1. The van der Waals surface area contributed by atoms with Gasteiger partial charge >= 0.3 is 0 Å². The summed E-state index contributed by atoms with van der Waals surface area (Å²) in [5, 5.41) is 3.19. The van der Waals surface area contributed by atoms with Crippen molar-refractivity contribution < 1.29 is 9.53 Å². The zero-order chi connectivity index (χ0) is 15.5. The van der Waals surface area contributed by atoms with Crippen molar-refractivity contribution in [3.8, 4) is 0 Å². The van der Waals surface area contributed by atoms with Crippen molar-refractivity contribution in [1.29, 1.82) is 0 Å². The molecule has 4 nitrogen and oxygen atoms in total. The highest BCUT2D eigenvalue weighted by Crippen LogP contribution is 2.25. The van der Waals surface area contributed by atoms with Gasteiger partial charge in [-0.15, -0.1) is 0 Å². The summed E-state index contributed by atoms with van der Waals surface area (Å²) in [5.41, 5.74) is 1.07. The van der Waals surface area contributed by atoms with Gasteiger partial charge in [-0.05, 0) is 17.9 Å². The van der Waals surface area contributed by atoms with E-state index in [9.17, 15) is 4.79 Å². The van der Waals surface area contributed by atoms with Crippen LogP contribution in [0, 0.1) is 5.92 Å². The highest BCUT2D eigenvalue weighted by Gasteiger charge is 2.38. The van der Waals surface area contributed by atoms with Crippen LogP contribution in [0.5, 0.6) is 0 Å². The van der Waals surface area contributed by atoms with Crippen molar-refractivity contribution in [1.82, 2.24) is 10.2 Å². The maximum absolute atomic E-state index is 12.2. The van der Waals surface area contributed by atoms with Crippen LogP contribution < -0.4 is 5.32 Å². The third-order valence-electron chi connectivity index (χ3n) is 4.76. The second-order valence-electron chi connectivity index (χ2n) is 6.89. The lowest BCUT2D eigenvalue weighted by Gasteiger charge is -2.36. The molecule has 1 amide bonds. The number of nitrogens with zero attached hydrogens (tertiary/aromatic N) is 1. The van der Waals surface area contributed by atoms with Crippen molar-refractivity contribution in [3.05, 3.63) is 35.9 Å². The highest BCUT2D eigenvalue weighted by molar-refractivity contribution is 5.78. The largest absolute Gasteiger partial charge is 0.375 e. The molecule has 0 spiro atoms. The molecule has 1 N–H and O–H groups in total. The van der Waals surface area contributed by atoms with E-state index in [0.717, 1.165) is 31.7 Å². The summed E-state index contributed by atoms with van der Waals surface area (Å²) < 4.78 is 5.95. The minimum atomic E-state index is 0.123. The number of fused-ring (bicyclic) bond motifs is 1. The molecule has 120 valence electrons. The Kier molecular flexibility index (Phi) is 4.79. The van der Waals surface area contributed by atoms with Crippen LogP contribution in [-0.2, 0) is 16.0 Å². The predicted molar refractivity (Wildman–Crippen MR) is 86.6 cm³/mol. The van der Waals surface area contributed by atoms with Gasteiger partial charge in [0.1, 0.15) is 0 Å². The van der Waals surface area contributed by atoms with Crippen LogP contribution in [0.25, 0.3) is 0 Å². The van der Waals surface area contributed by atoms with Gasteiger partial charge in [-0.25, -0.2) is 0 Å². The topological polar surface area (TPSA) is 41.6 Å². The number of hydrogen-bond donors (Lipinski definition) is 1. The molecule has 2 saturated heterocycles. The van der Waals surface area contributed by atoms with Gasteiger partial charge in [-0.1, -0.05) is 44.2 Å². The maximum atomic E-state index is 12.2. The summed E-state index contributed by atoms with van der Waals surface area (Å²) in [6.07, 6.45) is 1.80. The molecule has 0 unspecified atom stereocenters. The average Bonchev–Trinajstić information content (AvgIpc) is 2.89. The summed E-state index contributed by atoms with van der Waals surface area (Å²) in [5.74, 6) is 0.671. The number of carbonyl (C=O) groups is 1. The van der Waals surface area contributed by atoms with Gasteiger partial charge in [-0.2, -0.15) is 0 Å². The van der Waals surface area contributed by atoms with E-state index in [0.29, 0.717) is 24.5 Å². The second kappa shape index (κ2) is 6.80. The van der Waals surface area contributed by atoms with Crippen molar-refractivity contribution in [2.45, 2.75) is 44.9 Å². The van der Waals surface area contributed by atoms with E-state index in [-0.39, 0.29) is 11.9 Å². The SMILES string of the molecule is CC(C)[C@H]1CN2C[C@@H](NC(=O)Cc3ccccc3)C[C@H]2CO1. The zero-order valence-electron chi connectivity index (χ0n) is 13.5. The summed E-state index contributed by atoms with van der Waals surface area (Å²) in [6.45, 7) is 7.17. The van der Waals surface area contributed by atoms with E-state index < -0.39 is 0 Å². The Morgan fingerprint density at radius 2 is 2.09 bits per heavy atom. The van der Waals surface area contributed by atoms with E-state index in [4.69, 9.17) is 4.74 Å². The predicted octanol–water partition coefficient (Wildman–Crippen LogP) is 1.84. The van der Waals surface area contributed by atoms with E-state index >= 15 is 0 Å². The Balaban J connectivity index is 1.50. The van der Waals surface area contributed by atoms with Gasteiger partial charge < -0.3 is 10.1 Å². The van der Waals surface area contributed by atoms with Crippen LogP contribution in [0.3, 0.4) is 0 Å². The van der Waals surface area contributed by atoms with Gasteiger partial charge in [0.15, 0.2) is 0 Å². The number of amides is 1. The van der Waals surface area contributed by atoms with Crippen LogP contribution in [-0.4, -0.2) is 48.7 Å². The normalized spacial score (nSPS) is 28.6. The van der Waals surface area contributed by atoms with Gasteiger partial charge in [0.2, 0.25) is 5.91 Å². The van der Waals surface area contributed by atoms with Crippen LogP contribution in [0.1, 0.15) is 25.8 Å². The Bertz CT molecular complexity index is 503. The Hall–Kier alpha value is -1.39. The standard InChI is InChI=1S/C18H26N2O2/c1-13(2)17-11-20-10-15(9-16(20)12-22-17)19-18(21)8-14-6-4-3-5-7-14/h3-7,13,15-17H,8-12H2,1-2H3,(H,19,21)/t15-,16-,17+/m0/s1. The number of morpholine rings is 1. The fraction of sp³-hybridized carbons (Fsp3) is 0.611. The van der Waals surface area contributed by atoms with Crippen molar-refractivity contribution in [3.63, 3.8) is 0 Å². The molecule has 2 heterocycles. The summed E-state index contributed by atoms with van der Waals surface area (Å²) in [4.78, 5) is 14.7. The Morgan fingerprint density at radius 3 is 2.82 bits per heavy atom. The smallest absolute Gasteiger partial charge is 0.224 e. The quantitative estimate of drug-likeness (QED) is 0.923. The molecule has 22 heavy (non-hydrogen) atoms. The average molecular weight is 302 g/mol. The molecular weight excluding hydrogens is 276 g/mol. The van der Waals surface area contributed by atoms with Crippen LogP contribution in [0.15, 0.2) is 30.3 Å². The molecule has 3 atom stereocenters. The molecule has 1 aromatic rings. The van der Waals surface area contributed by atoms with Crippen LogP contribution >= 0.6 is 0 Å². The highest BCUT2D eigenvalue weighted by atomic mass is 16.5. The molecule has 2 aliphatic rings. The molecule has 2 fully saturated rings. The Labute approximate surface area is 132 Å². The number of rotatable bonds is 4. The lowest BCUT2D eigenvalue weighted by Crippen LogP contribution is -2.48. The lowest BCUT2D eigenvalue weighted by atomic mass is 10.0. The molecular formula is C18H26N2O2. The van der Waals surface area contributed by atoms with Gasteiger partial charge in [0, 0.05) is 25.2 Å². The summed E-state index contributed by atoms with van der Waals surface area (Å²) in [7, 11) is 0. The summed E-state index contributed by atoms with van der Waals surface area (Å²) in [6, 6.07) is 10.6. The van der Waals surface area contributed by atoms with Crippen LogP contribution in [0.2, 0.25) is 0 Å². The van der Waals surface area contributed by atoms with E-state index in [2.05, 4.69) is 24.1 Å². The number of ether oxygens (including phenoxy) is 1. The number of carbonyl (C=O) groups excluding carboxylic acids is 1. The minimum Gasteiger partial charge on any atom is -0.375 e. The van der Waals surface area contributed by atoms with Gasteiger partial charge in [0.05, 0.1) is 19.1 Å². The van der Waals surface area contributed by atoms with Gasteiger partial charge in [-0.3, -0.25) is 9.69 Å². The first-order chi connectivity index (χ1) is 10.6. The molecule has 0 aliphatic carbocycles. The van der Waals surface area contributed by atoms with Crippen molar-refractivity contribution >= 4 is 5.91 Å². The van der Waals surface area contributed by atoms with Crippen molar-refractivity contribution in [2.75, 3.05) is 19.7 Å². The lowest BCUT2D eigenvalue weighted by molar-refractivity contribution is -0.121. The fourth-order valence-corrected chi connectivity index (χ4v) is 3.47. The molecule has 2 aliphatic heterocycles. The van der Waals surface area contributed by atoms with E-state index in [1.807, 2.05) is 30.3 Å². The third kappa shape index (κ3) is 3.68. The molecule has 4 heteroatoms.